The first-order chi connectivity index (χ1) is 8.69. The number of hydrogen-bond acceptors (Lipinski definition) is 6. The predicted molar refractivity (Wildman–Crippen MR) is 68.7 cm³/mol. The highest BCUT2D eigenvalue weighted by Gasteiger charge is 2.07. The fourth-order valence-corrected chi connectivity index (χ4v) is 1.46. The summed E-state index contributed by atoms with van der Waals surface area (Å²) in [7, 11) is 3.15. The highest BCUT2D eigenvalue weighted by atomic mass is 35.5. The molecule has 0 saturated heterocycles. The monoisotopic (exact) mass is 275 g/mol. The zero-order valence-electron chi connectivity index (χ0n) is 10.8. The van der Waals surface area contributed by atoms with Gasteiger partial charge < -0.3 is 19.5 Å². The van der Waals surface area contributed by atoms with Crippen LogP contribution in [0.2, 0.25) is 5.15 Å². The van der Waals surface area contributed by atoms with Gasteiger partial charge in [0.25, 0.3) is 0 Å². The Morgan fingerprint density at radius 2 is 2.06 bits per heavy atom. The molecule has 6 nitrogen and oxygen atoms in total. The van der Waals surface area contributed by atoms with Crippen LogP contribution in [-0.4, -0.2) is 43.6 Å². The third-order valence-corrected chi connectivity index (χ3v) is 2.35. The highest BCUT2D eigenvalue weighted by molar-refractivity contribution is 6.29. The molecule has 18 heavy (non-hydrogen) atoms. The number of nitrogens with zero attached hydrogens (tertiary/aromatic N) is 2. The first-order valence-corrected chi connectivity index (χ1v) is 5.98. The van der Waals surface area contributed by atoms with Crippen molar-refractivity contribution in [1.82, 2.24) is 9.97 Å². The van der Waals surface area contributed by atoms with E-state index in [2.05, 4.69) is 15.3 Å². The first kappa shape index (κ1) is 15.1. The van der Waals surface area contributed by atoms with Crippen LogP contribution in [0.5, 0.6) is 0 Å². The average Bonchev–Trinajstić information content (AvgIpc) is 2.37. The maximum Gasteiger partial charge on any atom is 0.173 e. The summed E-state index contributed by atoms with van der Waals surface area (Å²) in [5.41, 5.74) is 0. The van der Waals surface area contributed by atoms with Gasteiger partial charge in [-0.25, -0.2) is 9.97 Å². The van der Waals surface area contributed by atoms with E-state index in [9.17, 15) is 0 Å². The van der Waals surface area contributed by atoms with Crippen LogP contribution in [0, 0.1) is 0 Å². The van der Waals surface area contributed by atoms with Crippen LogP contribution in [0.25, 0.3) is 0 Å². The Balaban J connectivity index is 2.61. The van der Waals surface area contributed by atoms with Gasteiger partial charge in [0.15, 0.2) is 12.1 Å². The summed E-state index contributed by atoms with van der Waals surface area (Å²) in [4.78, 5) is 8.33. The molecule has 0 spiro atoms. The Kier molecular flexibility index (Phi) is 6.89. The average molecular weight is 276 g/mol. The van der Waals surface area contributed by atoms with Gasteiger partial charge in [0.2, 0.25) is 0 Å². The van der Waals surface area contributed by atoms with Gasteiger partial charge in [-0.1, -0.05) is 11.6 Å². The SMILES string of the molecule is CCOCc1nc(Cl)cc(NCC(OC)OC)n1. The predicted octanol–water partition coefficient (Wildman–Crippen LogP) is 1.70. The van der Waals surface area contributed by atoms with E-state index in [0.717, 1.165) is 0 Å². The molecule has 0 saturated carbocycles. The molecule has 0 aliphatic rings. The topological polar surface area (TPSA) is 65.5 Å². The van der Waals surface area contributed by atoms with Gasteiger partial charge in [-0.2, -0.15) is 0 Å². The second-order valence-electron chi connectivity index (χ2n) is 3.41. The van der Waals surface area contributed by atoms with Crippen molar-refractivity contribution in [3.05, 3.63) is 17.0 Å². The van der Waals surface area contributed by atoms with Crippen molar-refractivity contribution in [2.24, 2.45) is 0 Å². The largest absolute Gasteiger partial charge is 0.374 e. The van der Waals surface area contributed by atoms with Crippen molar-refractivity contribution in [2.75, 3.05) is 32.7 Å². The molecule has 0 aliphatic carbocycles. The Bertz CT molecular complexity index is 361. The molecule has 0 unspecified atom stereocenters. The molecule has 1 aromatic heterocycles. The first-order valence-electron chi connectivity index (χ1n) is 5.60. The van der Waals surface area contributed by atoms with Crippen molar-refractivity contribution in [2.45, 2.75) is 19.8 Å². The van der Waals surface area contributed by atoms with Gasteiger partial charge in [-0.3, -0.25) is 0 Å². The van der Waals surface area contributed by atoms with Crippen LogP contribution in [0.4, 0.5) is 5.82 Å². The quantitative estimate of drug-likeness (QED) is 0.575. The molecule has 0 fully saturated rings. The van der Waals surface area contributed by atoms with Crippen LogP contribution in [-0.2, 0) is 20.8 Å². The number of anilines is 1. The van der Waals surface area contributed by atoms with Crippen LogP contribution >= 0.6 is 11.6 Å². The molecule has 0 atom stereocenters. The van der Waals surface area contributed by atoms with Crippen molar-refractivity contribution < 1.29 is 14.2 Å². The van der Waals surface area contributed by atoms with E-state index in [0.29, 0.717) is 36.6 Å². The summed E-state index contributed by atoms with van der Waals surface area (Å²) in [6.45, 7) is 3.32. The van der Waals surface area contributed by atoms with E-state index in [-0.39, 0.29) is 6.29 Å². The minimum Gasteiger partial charge on any atom is -0.374 e. The second kappa shape index (κ2) is 8.20. The van der Waals surface area contributed by atoms with E-state index < -0.39 is 0 Å². The number of aromatic nitrogens is 2. The Hall–Kier alpha value is -0.950. The van der Waals surface area contributed by atoms with Gasteiger partial charge in [0, 0.05) is 26.9 Å². The molecule has 102 valence electrons. The molecule has 0 radical (unpaired) electrons. The molecule has 1 heterocycles. The molecule has 1 N–H and O–H groups in total. The molecule has 0 aliphatic heterocycles. The van der Waals surface area contributed by atoms with Crippen LogP contribution in [0.15, 0.2) is 6.07 Å². The van der Waals surface area contributed by atoms with Crippen LogP contribution in [0.3, 0.4) is 0 Å². The zero-order chi connectivity index (χ0) is 13.4. The van der Waals surface area contributed by atoms with E-state index in [4.69, 9.17) is 25.8 Å². The molecule has 1 aromatic rings. The standard InChI is InChI=1S/C11H18ClN3O3/c1-4-18-7-10-14-8(12)5-9(15-10)13-6-11(16-2)17-3/h5,11H,4,6-7H2,1-3H3,(H,13,14,15). The lowest BCUT2D eigenvalue weighted by atomic mass is 10.5. The van der Waals surface area contributed by atoms with Crippen molar-refractivity contribution >= 4 is 17.4 Å². The number of halogens is 1. The van der Waals surface area contributed by atoms with Gasteiger partial charge >= 0.3 is 0 Å². The molecule has 0 amide bonds. The van der Waals surface area contributed by atoms with Gasteiger partial charge in [-0.05, 0) is 6.92 Å². The normalized spacial score (nSPS) is 10.9. The third-order valence-electron chi connectivity index (χ3n) is 2.15. The molecular weight excluding hydrogens is 258 g/mol. The Morgan fingerprint density at radius 1 is 1.33 bits per heavy atom. The lowest BCUT2D eigenvalue weighted by molar-refractivity contribution is -0.0914. The summed E-state index contributed by atoms with van der Waals surface area (Å²) in [6.07, 6.45) is -0.339. The third kappa shape index (κ3) is 5.14. The Morgan fingerprint density at radius 3 is 2.67 bits per heavy atom. The molecule has 7 heteroatoms. The van der Waals surface area contributed by atoms with Crippen LogP contribution < -0.4 is 5.32 Å². The number of methoxy groups -OCH3 is 2. The minimum absolute atomic E-state index is 0.337. The summed E-state index contributed by atoms with van der Waals surface area (Å²) in [5.74, 6) is 1.15. The summed E-state index contributed by atoms with van der Waals surface area (Å²) >= 11 is 5.90. The van der Waals surface area contributed by atoms with E-state index in [1.165, 1.54) is 0 Å². The van der Waals surface area contributed by atoms with Crippen molar-refractivity contribution in [3.63, 3.8) is 0 Å². The van der Waals surface area contributed by atoms with Crippen molar-refractivity contribution in [1.29, 1.82) is 0 Å². The molecule has 0 bridgehead atoms. The summed E-state index contributed by atoms with van der Waals surface area (Å²) in [5, 5.41) is 3.43. The summed E-state index contributed by atoms with van der Waals surface area (Å²) < 4.78 is 15.4. The number of rotatable bonds is 8. The molecular formula is C11H18ClN3O3. The van der Waals surface area contributed by atoms with E-state index in [1.807, 2.05) is 6.92 Å². The summed E-state index contributed by atoms with van der Waals surface area (Å²) in [6, 6.07) is 1.64. The smallest absolute Gasteiger partial charge is 0.173 e. The maximum atomic E-state index is 5.90. The van der Waals surface area contributed by atoms with Gasteiger partial charge in [0.05, 0.1) is 6.54 Å². The van der Waals surface area contributed by atoms with E-state index in [1.54, 1.807) is 20.3 Å². The number of ether oxygens (including phenoxy) is 3. The van der Waals surface area contributed by atoms with Gasteiger partial charge in [0.1, 0.15) is 17.6 Å². The van der Waals surface area contributed by atoms with Crippen LogP contribution in [0.1, 0.15) is 12.7 Å². The highest BCUT2D eigenvalue weighted by Crippen LogP contribution is 2.12. The Labute approximate surface area is 112 Å². The molecule has 1 rings (SSSR count). The minimum atomic E-state index is -0.339. The van der Waals surface area contributed by atoms with E-state index >= 15 is 0 Å². The number of nitrogens with one attached hydrogen (secondary N) is 1. The van der Waals surface area contributed by atoms with Gasteiger partial charge in [-0.15, -0.1) is 0 Å². The maximum absolute atomic E-state index is 5.90. The fourth-order valence-electron chi connectivity index (χ4n) is 1.26. The fraction of sp³-hybridized carbons (Fsp3) is 0.636. The number of hydrogen-bond donors (Lipinski definition) is 1. The zero-order valence-corrected chi connectivity index (χ0v) is 11.5. The lowest BCUT2D eigenvalue weighted by Crippen LogP contribution is -2.24. The lowest BCUT2D eigenvalue weighted by Gasteiger charge is -2.14. The molecule has 0 aromatic carbocycles. The van der Waals surface area contributed by atoms with Crippen molar-refractivity contribution in [3.8, 4) is 0 Å². The second-order valence-corrected chi connectivity index (χ2v) is 3.80.